The zero-order valence-electron chi connectivity index (χ0n) is 13.6. The number of hydrogen-bond donors (Lipinski definition) is 1. The molecule has 0 spiro atoms. The van der Waals surface area contributed by atoms with Crippen LogP contribution < -0.4 is 5.32 Å². The smallest absolute Gasteiger partial charge is 0.251 e. The number of amides is 1. The maximum Gasteiger partial charge on any atom is 0.251 e. The van der Waals surface area contributed by atoms with Gasteiger partial charge in [0.2, 0.25) is 0 Å². The molecule has 118 valence electrons. The minimum absolute atomic E-state index is 0.0807. The molecule has 5 nitrogen and oxygen atoms in total. The van der Waals surface area contributed by atoms with Crippen LogP contribution in [0.3, 0.4) is 0 Å². The lowest BCUT2D eigenvalue weighted by molar-refractivity contribution is 0.0954. The summed E-state index contributed by atoms with van der Waals surface area (Å²) in [6.07, 6.45) is 4.88. The molecule has 0 bridgehead atoms. The van der Waals surface area contributed by atoms with Gasteiger partial charge < -0.3 is 9.88 Å². The Morgan fingerprint density at radius 2 is 1.87 bits per heavy atom. The van der Waals surface area contributed by atoms with Gasteiger partial charge in [-0.05, 0) is 50.1 Å². The molecule has 0 aliphatic heterocycles. The first-order valence-electron chi connectivity index (χ1n) is 7.67. The molecule has 0 saturated heterocycles. The monoisotopic (exact) mass is 308 g/mol. The van der Waals surface area contributed by atoms with Crippen molar-refractivity contribution in [2.75, 3.05) is 6.54 Å². The van der Waals surface area contributed by atoms with Crippen molar-refractivity contribution in [3.8, 4) is 0 Å². The van der Waals surface area contributed by atoms with Crippen LogP contribution in [0.15, 0.2) is 36.7 Å². The Hall–Kier alpha value is -2.69. The van der Waals surface area contributed by atoms with E-state index in [9.17, 15) is 4.79 Å². The predicted octanol–water partition coefficient (Wildman–Crippen LogP) is 2.56. The van der Waals surface area contributed by atoms with Gasteiger partial charge in [-0.1, -0.05) is 0 Å². The van der Waals surface area contributed by atoms with Crippen LogP contribution in [0.5, 0.6) is 0 Å². The predicted molar refractivity (Wildman–Crippen MR) is 90.5 cm³/mol. The molecule has 0 radical (unpaired) electrons. The van der Waals surface area contributed by atoms with Gasteiger partial charge in [0.05, 0.1) is 22.4 Å². The molecule has 3 rings (SSSR count). The Morgan fingerprint density at radius 3 is 2.57 bits per heavy atom. The summed E-state index contributed by atoms with van der Waals surface area (Å²) in [4.78, 5) is 21.3. The number of aryl methyl sites for hydroxylation is 3. The van der Waals surface area contributed by atoms with E-state index in [0.29, 0.717) is 12.1 Å². The highest BCUT2D eigenvalue weighted by Crippen LogP contribution is 2.14. The fourth-order valence-electron chi connectivity index (χ4n) is 2.50. The molecule has 1 aromatic carbocycles. The van der Waals surface area contributed by atoms with Gasteiger partial charge >= 0.3 is 0 Å². The van der Waals surface area contributed by atoms with Crippen LogP contribution in [0, 0.1) is 13.8 Å². The second-order valence-corrected chi connectivity index (χ2v) is 5.79. The summed E-state index contributed by atoms with van der Waals surface area (Å²) in [7, 11) is 1.99. The van der Waals surface area contributed by atoms with Crippen molar-refractivity contribution in [2.24, 2.45) is 7.05 Å². The molecular formula is C18H20N4O. The molecule has 0 saturated carbocycles. The quantitative estimate of drug-likeness (QED) is 0.806. The standard InChI is InChI=1S/C18H20N4O/c1-12-13(2)21-17-10-15(4-5-16(17)20-12)18(23)19-8-6-14-7-9-22(3)11-14/h4-5,7,9-11H,6,8H2,1-3H3,(H,19,23). The van der Waals surface area contributed by atoms with Crippen molar-refractivity contribution in [3.63, 3.8) is 0 Å². The zero-order valence-corrected chi connectivity index (χ0v) is 13.6. The van der Waals surface area contributed by atoms with Gasteiger partial charge in [-0.3, -0.25) is 4.79 Å². The lowest BCUT2D eigenvalue weighted by atomic mass is 10.1. The van der Waals surface area contributed by atoms with Crippen molar-refractivity contribution in [3.05, 3.63) is 59.2 Å². The Balaban J connectivity index is 1.69. The maximum atomic E-state index is 12.3. The van der Waals surface area contributed by atoms with E-state index in [1.807, 2.05) is 37.7 Å². The van der Waals surface area contributed by atoms with Crippen molar-refractivity contribution in [1.82, 2.24) is 19.9 Å². The van der Waals surface area contributed by atoms with E-state index < -0.39 is 0 Å². The van der Waals surface area contributed by atoms with Gasteiger partial charge in [-0.2, -0.15) is 0 Å². The third-order valence-electron chi connectivity index (χ3n) is 3.93. The third-order valence-corrected chi connectivity index (χ3v) is 3.93. The van der Waals surface area contributed by atoms with Crippen LogP contribution in [-0.2, 0) is 13.5 Å². The number of nitrogens with one attached hydrogen (secondary N) is 1. The van der Waals surface area contributed by atoms with Crippen LogP contribution in [0.2, 0.25) is 0 Å². The highest BCUT2D eigenvalue weighted by atomic mass is 16.1. The van der Waals surface area contributed by atoms with Gasteiger partial charge in [0, 0.05) is 31.5 Å². The van der Waals surface area contributed by atoms with E-state index in [2.05, 4.69) is 27.5 Å². The number of benzene rings is 1. The molecule has 0 aliphatic rings. The number of carbonyl (C=O) groups is 1. The molecule has 2 aromatic heterocycles. The topological polar surface area (TPSA) is 59.8 Å². The summed E-state index contributed by atoms with van der Waals surface area (Å²) in [5.74, 6) is -0.0807. The van der Waals surface area contributed by atoms with Crippen LogP contribution in [0.4, 0.5) is 0 Å². The SMILES string of the molecule is Cc1nc2ccc(C(=O)NCCc3ccn(C)c3)cc2nc1C. The van der Waals surface area contributed by atoms with E-state index in [0.717, 1.165) is 28.8 Å². The Labute approximate surface area is 135 Å². The summed E-state index contributed by atoms with van der Waals surface area (Å²) in [6, 6.07) is 7.50. The highest BCUT2D eigenvalue weighted by Gasteiger charge is 2.08. The molecule has 3 aromatic rings. The zero-order chi connectivity index (χ0) is 16.4. The minimum atomic E-state index is -0.0807. The molecule has 0 fully saturated rings. The first-order chi connectivity index (χ1) is 11.0. The fourth-order valence-corrected chi connectivity index (χ4v) is 2.50. The average Bonchev–Trinajstić information content (AvgIpc) is 2.93. The third kappa shape index (κ3) is 3.39. The lowest BCUT2D eigenvalue weighted by Crippen LogP contribution is -2.25. The van der Waals surface area contributed by atoms with Crippen LogP contribution >= 0.6 is 0 Å². The van der Waals surface area contributed by atoms with E-state index in [1.54, 1.807) is 12.1 Å². The molecule has 2 heterocycles. The summed E-state index contributed by atoms with van der Waals surface area (Å²) >= 11 is 0. The minimum Gasteiger partial charge on any atom is -0.357 e. The highest BCUT2D eigenvalue weighted by molar-refractivity contribution is 5.97. The number of aromatic nitrogens is 3. The normalized spacial score (nSPS) is 10.9. The molecule has 0 atom stereocenters. The molecule has 5 heteroatoms. The van der Waals surface area contributed by atoms with Crippen LogP contribution in [-0.4, -0.2) is 27.0 Å². The number of hydrogen-bond acceptors (Lipinski definition) is 3. The Morgan fingerprint density at radius 1 is 1.13 bits per heavy atom. The summed E-state index contributed by atoms with van der Waals surface area (Å²) < 4.78 is 2.00. The number of rotatable bonds is 4. The molecule has 1 N–H and O–H groups in total. The van der Waals surface area contributed by atoms with Gasteiger partial charge in [-0.25, -0.2) is 9.97 Å². The van der Waals surface area contributed by atoms with E-state index in [-0.39, 0.29) is 5.91 Å². The van der Waals surface area contributed by atoms with Gasteiger partial charge in [-0.15, -0.1) is 0 Å². The largest absolute Gasteiger partial charge is 0.357 e. The van der Waals surface area contributed by atoms with E-state index in [1.165, 1.54) is 5.56 Å². The number of carbonyl (C=O) groups excluding carboxylic acids is 1. The number of nitrogens with zero attached hydrogens (tertiary/aromatic N) is 3. The first kappa shape index (κ1) is 15.2. The summed E-state index contributed by atoms with van der Waals surface area (Å²) in [5, 5.41) is 2.95. The molecule has 0 unspecified atom stereocenters. The summed E-state index contributed by atoms with van der Waals surface area (Å²) in [5.41, 5.74) is 5.20. The Bertz CT molecular complexity index is 867. The summed E-state index contributed by atoms with van der Waals surface area (Å²) in [6.45, 7) is 4.47. The molecular weight excluding hydrogens is 288 g/mol. The second kappa shape index (κ2) is 6.20. The number of fused-ring (bicyclic) bond motifs is 1. The van der Waals surface area contributed by atoms with Crippen molar-refractivity contribution < 1.29 is 4.79 Å². The van der Waals surface area contributed by atoms with Gasteiger partial charge in [0.15, 0.2) is 0 Å². The Kier molecular flexibility index (Phi) is 4.10. The maximum absolute atomic E-state index is 12.3. The van der Waals surface area contributed by atoms with Crippen LogP contribution in [0.1, 0.15) is 27.3 Å². The molecule has 23 heavy (non-hydrogen) atoms. The second-order valence-electron chi connectivity index (χ2n) is 5.79. The molecule has 0 aliphatic carbocycles. The van der Waals surface area contributed by atoms with Crippen LogP contribution in [0.25, 0.3) is 11.0 Å². The van der Waals surface area contributed by atoms with Gasteiger partial charge in [0.1, 0.15) is 0 Å². The molecule has 1 amide bonds. The van der Waals surface area contributed by atoms with Crippen molar-refractivity contribution in [2.45, 2.75) is 20.3 Å². The lowest BCUT2D eigenvalue weighted by Gasteiger charge is -2.07. The average molecular weight is 308 g/mol. The van der Waals surface area contributed by atoms with Crippen molar-refractivity contribution in [1.29, 1.82) is 0 Å². The fraction of sp³-hybridized carbons (Fsp3) is 0.278. The van der Waals surface area contributed by atoms with E-state index in [4.69, 9.17) is 0 Å². The first-order valence-corrected chi connectivity index (χ1v) is 7.67. The van der Waals surface area contributed by atoms with Crippen molar-refractivity contribution >= 4 is 16.9 Å². The van der Waals surface area contributed by atoms with E-state index >= 15 is 0 Å². The van der Waals surface area contributed by atoms with Gasteiger partial charge in [0.25, 0.3) is 5.91 Å².